The molecule has 21 heavy (non-hydrogen) atoms. The highest BCUT2D eigenvalue weighted by Crippen LogP contribution is 2.39. The first kappa shape index (κ1) is 15.5. The van der Waals surface area contributed by atoms with Crippen LogP contribution in [0.15, 0.2) is 0 Å². The normalized spacial score (nSPS) is 22.0. The van der Waals surface area contributed by atoms with Crippen LogP contribution in [0.1, 0.15) is 45.4 Å². The average molecular weight is 296 g/mol. The number of barbiturate groups is 1. The summed E-state index contributed by atoms with van der Waals surface area (Å²) in [6.07, 6.45) is 4.30. The maximum Gasteiger partial charge on any atom is 0.331 e. The Kier molecular flexibility index (Phi) is 4.59. The summed E-state index contributed by atoms with van der Waals surface area (Å²) in [6, 6.07) is -0.840. The molecule has 1 aliphatic heterocycles. The highest BCUT2D eigenvalue weighted by atomic mass is 16.5. The van der Waals surface area contributed by atoms with Crippen molar-refractivity contribution in [1.29, 1.82) is 0 Å². The summed E-state index contributed by atoms with van der Waals surface area (Å²) in [5.74, 6) is -1.75. The molecule has 7 heteroatoms. The van der Waals surface area contributed by atoms with Crippen LogP contribution in [0.2, 0.25) is 0 Å². The van der Waals surface area contributed by atoms with E-state index < -0.39 is 35.8 Å². The Labute approximate surface area is 123 Å². The second kappa shape index (κ2) is 6.24. The minimum atomic E-state index is -1.20. The van der Waals surface area contributed by atoms with Gasteiger partial charge in [-0.05, 0) is 19.8 Å². The standard InChI is InChI=1S/C14H20N2O5/c1-2-21-10(17)9-16-12(19)14(11(18)15-13(16)20)7-5-3-4-6-8-14/h2-9H2,1H3,(H,15,18,20). The van der Waals surface area contributed by atoms with Gasteiger partial charge < -0.3 is 4.74 Å². The minimum Gasteiger partial charge on any atom is -0.465 e. The Balaban J connectivity index is 2.22. The van der Waals surface area contributed by atoms with Gasteiger partial charge in [-0.25, -0.2) is 4.79 Å². The lowest BCUT2D eigenvalue weighted by Gasteiger charge is -2.38. The van der Waals surface area contributed by atoms with E-state index in [-0.39, 0.29) is 6.61 Å². The fourth-order valence-corrected chi connectivity index (χ4v) is 2.98. The predicted molar refractivity (Wildman–Crippen MR) is 72.0 cm³/mol. The molecule has 0 aromatic carbocycles. The van der Waals surface area contributed by atoms with Crippen molar-refractivity contribution < 1.29 is 23.9 Å². The number of hydrogen-bond donors (Lipinski definition) is 1. The van der Waals surface area contributed by atoms with Crippen LogP contribution in [0, 0.1) is 5.41 Å². The first-order chi connectivity index (χ1) is 10.0. The lowest BCUT2D eigenvalue weighted by atomic mass is 9.77. The molecule has 0 unspecified atom stereocenters. The van der Waals surface area contributed by atoms with Gasteiger partial charge in [-0.1, -0.05) is 25.7 Å². The van der Waals surface area contributed by atoms with E-state index in [2.05, 4.69) is 5.32 Å². The Morgan fingerprint density at radius 3 is 2.38 bits per heavy atom. The van der Waals surface area contributed by atoms with Crippen LogP contribution < -0.4 is 5.32 Å². The number of carbonyl (C=O) groups excluding carboxylic acids is 4. The molecule has 0 aromatic rings. The van der Waals surface area contributed by atoms with E-state index in [9.17, 15) is 19.2 Å². The molecule has 1 heterocycles. The third-order valence-electron chi connectivity index (χ3n) is 4.10. The van der Waals surface area contributed by atoms with Crippen molar-refractivity contribution in [3.05, 3.63) is 0 Å². The Morgan fingerprint density at radius 1 is 1.19 bits per heavy atom. The zero-order valence-electron chi connectivity index (χ0n) is 12.1. The van der Waals surface area contributed by atoms with E-state index in [0.29, 0.717) is 12.8 Å². The highest BCUT2D eigenvalue weighted by Gasteiger charge is 2.53. The molecule has 2 aliphatic rings. The lowest BCUT2D eigenvalue weighted by molar-refractivity contribution is -0.157. The zero-order valence-corrected chi connectivity index (χ0v) is 12.1. The van der Waals surface area contributed by atoms with E-state index in [4.69, 9.17) is 4.74 Å². The SMILES string of the molecule is CCOC(=O)CN1C(=O)NC(=O)C2(CCCCCC2)C1=O. The monoisotopic (exact) mass is 296 g/mol. The molecule has 116 valence electrons. The van der Waals surface area contributed by atoms with Crippen molar-refractivity contribution in [2.45, 2.75) is 45.4 Å². The molecule has 0 aromatic heterocycles. The fraction of sp³-hybridized carbons (Fsp3) is 0.714. The van der Waals surface area contributed by atoms with Crippen LogP contribution in [-0.2, 0) is 19.1 Å². The molecule has 1 saturated carbocycles. The molecule has 1 N–H and O–H groups in total. The molecule has 1 aliphatic carbocycles. The van der Waals surface area contributed by atoms with Crippen LogP contribution in [0.5, 0.6) is 0 Å². The van der Waals surface area contributed by atoms with E-state index >= 15 is 0 Å². The van der Waals surface area contributed by atoms with Gasteiger partial charge in [0.1, 0.15) is 12.0 Å². The molecule has 4 amide bonds. The number of nitrogens with one attached hydrogen (secondary N) is 1. The quantitative estimate of drug-likeness (QED) is 0.618. The van der Waals surface area contributed by atoms with Gasteiger partial charge in [-0.2, -0.15) is 0 Å². The van der Waals surface area contributed by atoms with Gasteiger partial charge in [0.2, 0.25) is 11.8 Å². The molecule has 1 saturated heterocycles. The summed E-state index contributed by atoms with van der Waals surface area (Å²) in [6.45, 7) is 1.37. The Bertz CT molecular complexity index is 466. The second-order valence-electron chi connectivity index (χ2n) is 5.45. The van der Waals surface area contributed by atoms with E-state index in [0.717, 1.165) is 30.6 Å². The molecule has 7 nitrogen and oxygen atoms in total. The first-order valence-corrected chi connectivity index (χ1v) is 7.34. The average Bonchev–Trinajstić information content (AvgIpc) is 2.69. The lowest BCUT2D eigenvalue weighted by Crippen LogP contribution is -2.64. The smallest absolute Gasteiger partial charge is 0.331 e. The summed E-state index contributed by atoms with van der Waals surface area (Å²) in [4.78, 5) is 49.0. The number of imide groups is 2. The van der Waals surface area contributed by atoms with Crippen molar-refractivity contribution in [3.8, 4) is 0 Å². The molecule has 2 rings (SSSR count). The highest BCUT2D eigenvalue weighted by molar-refractivity contribution is 6.19. The van der Waals surface area contributed by atoms with Crippen molar-refractivity contribution in [3.63, 3.8) is 0 Å². The van der Waals surface area contributed by atoms with Crippen LogP contribution >= 0.6 is 0 Å². The topological polar surface area (TPSA) is 92.8 Å². The van der Waals surface area contributed by atoms with Crippen LogP contribution in [0.25, 0.3) is 0 Å². The van der Waals surface area contributed by atoms with Gasteiger partial charge in [0.05, 0.1) is 6.61 Å². The van der Waals surface area contributed by atoms with Crippen molar-refractivity contribution >= 4 is 23.8 Å². The van der Waals surface area contributed by atoms with Gasteiger partial charge in [0, 0.05) is 0 Å². The van der Waals surface area contributed by atoms with Crippen molar-refractivity contribution in [2.75, 3.05) is 13.2 Å². The number of ether oxygens (including phenoxy) is 1. The van der Waals surface area contributed by atoms with E-state index in [1.807, 2.05) is 0 Å². The van der Waals surface area contributed by atoms with Gasteiger partial charge in [0.25, 0.3) is 0 Å². The maximum atomic E-state index is 12.7. The Hall–Kier alpha value is -1.92. The summed E-state index contributed by atoms with van der Waals surface area (Å²) < 4.78 is 4.77. The number of urea groups is 1. The zero-order chi connectivity index (χ0) is 15.5. The largest absolute Gasteiger partial charge is 0.465 e. The van der Waals surface area contributed by atoms with Gasteiger partial charge in [-0.3, -0.25) is 24.6 Å². The molecule has 0 bridgehead atoms. The van der Waals surface area contributed by atoms with Gasteiger partial charge >= 0.3 is 12.0 Å². The second-order valence-corrected chi connectivity index (χ2v) is 5.45. The number of hydrogen-bond acceptors (Lipinski definition) is 5. The number of esters is 1. The summed E-state index contributed by atoms with van der Waals surface area (Å²) in [7, 11) is 0. The van der Waals surface area contributed by atoms with Crippen LogP contribution in [0.4, 0.5) is 4.79 Å². The van der Waals surface area contributed by atoms with E-state index in [1.165, 1.54) is 0 Å². The first-order valence-electron chi connectivity index (χ1n) is 7.34. The van der Waals surface area contributed by atoms with E-state index in [1.54, 1.807) is 6.92 Å². The van der Waals surface area contributed by atoms with Crippen molar-refractivity contribution in [2.24, 2.45) is 5.41 Å². The molecular weight excluding hydrogens is 276 g/mol. The number of amides is 4. The minimum absolute atomic E-state index is 0.173. The summed E-state index contributed by atoms with van der Waals surface area (Å²) in [5.41, 5.74) is -1.20. The molecule has 1 spiro atoms. The van der Waals surface area contributed by atoms with Gasteiger partial charge in [0.15, 0.2) is 0 Å². The summed E-state index contributed by atoms with van der Waals surface area (Å²) in [5, 5.41) is 2.22. The molecule has 2 fully saturated rings. The van der Waals surface area contributed by atoms with Crippen LogP contribution in [0.3, 0.4) is 0 Å². The van der Waals surface area contributed by atoms with Gasteiger partial charge in [-0.15, -0.1) is 0 Å². The number of carbonyl (C=O) groups is 4. The molecule has 0 radical (unpaired) electrons. The van der Waals surface area contributed by atoms with Crippen molar-refractivity contribution in [1.82, 2.24) is 10.2 Å². The third-order valence-corrected chi connectivity index (χ3v) is 4.10. The maximum absolute atomic E-state index is 12.7. The molecule has 0 atom stereocenters. The fourth-order valence-electron chi connectivity index (χ4n) is 2.98. The number of rotatable bonds is 3. The summed E-state index contributed by atoms with van der Waals surface area (Å²) >= 11 is 0. The Morgan fingerprint density at radius 2 is 1.81 bits per heavy atom. The molecular formula is C14H20N2O5. The predicted octanol–water partition coefficient (Wildman–Crippen LogP) is 0.968. The number of nitrogens with zero attached hydrogens (tertiary/aromatic N) is 1. The third kappa shape index (κ3) is 2.91. The van der Waals surface area contributed by atoms with Crippen LogP contribution in [-0.4, -0.2) is 41.9 Å².